The van der Waals surface area contributed by atoms with E-state index in [1.54, 1.807) is 12.1 Å². The molecule has 5 nitrogen and oxygen atoms in total. The van der Waals surface area contributed by atoms with Gasteiger partial charge < -0.3 is 5.73 Å². The van der Waals surface area contributed by atoms with Crippen LogP contribution in [0.4, 0.5) is 5.69 Å². The van der Waals surface area contributed by atoms with Gasteiger partial charge in [0, 0.05) is 19.3 Å². The van der Waals surface area contributed by atoms with E-state index in [1.807, 2.05) is 0 Å². The van der Waals surface area contributed by atoms with Crippen LogP contribution in [-0.4, -0.2) is 30.8 Å². The quantitative estimate of drug-likeness (QED) is 0.882. The molecular formula is C12H19N3O2S. The minimum atomic E-state index is -3.57. The van der Waals surface area contributed by atoms with Crippen molar-refractivity contribution in [2.24, 2.45) is 5.41 Å². The normalized spacial score (nSPS) is 20.8. The van der Waals surface area contributed by atoms with E-state index in [0.717, 1.165) is 12.8 Å². The van der Waals surface area contributed by atoms with Crippen LogP contribution in [0.15, 0.2) is 23.4 Å². The maximum Gasteiger partial charge on any atom is 0.262 e. The first-order chi connectivity index (χ1) is 8.33. The lowest BCUT2D eigenvalue weighted by molar-refractivity contribution is 0.186. The van der Waals surface area contributed by atoms with Gasteiger partial charge in [-0.3, -0.25) is 0 Å². The lowest BCUT2D eigenvalue weighted by Gasteiger charge is -2.36. The number of sulfonamides is 1. The molecule has 1 aliphatic heterocycles. The Bertz CT molecular complexity index is 540. The fourth-order valence-corrected chi connectivity index (χ4v) is 4.01. The summed E-state index contributed by atoms with van der Waals surface area (Å²) in [6.07, 6.45) is 3.37. The molecule has 2 rings (SSSR count). The second kappa shape index (κ2) is 4.51. The molecule has 0 bridgehead atoms. The third kappa shape index (κ3) is 2.49. The first kappa shape index (κ1) is 13.3. The van der Waals surface area contributed by atoms with Gasteiger partial charge in [0.1, 0.15) is 0 Å². The number of nitrogens with zero attached hydrogens (tertiary/aromatic N) is 2. The smallest absolute Gasteiger partial charge is 0.262 e. The van der Waals surface area contributed by atoms with Crippen molar-refractivity contribution >= 4 is 15.7 Å². The van der Waals surface area contributed by atoms with E-state index in [1.165, 1.54) is 10.5 Å². The maximum absolute atomic E-state index is 12.5. The first-order valence-electron chi connectivity index (χ1n) is 6.04. The predicted octanol–water partition coefficient (Wildman–Crippen LogP) is 1.47. The zero-order valence-corrected chi connectivity index (χ0v) is 11.6. The molecule has 18 heavy (non-hydrogen) atoms. The maximum atomic E-state index is 12.5. The van der Waals surface area contributed by atoms with Crippen molar-refractivity contribution in [1.29, 1.82) is 0 Å². The van der Waals surface area contributed by atoms with Crippen molar-refractivity contribution in [3.63, 3.8) is 0 Å². The Morgan fingerprint density at radius 3 is 2.78 bits per heavy atom. The molecule has 0 atom stereocenters. The number of hydrogen-bond donors (Lipinski definition) is 1. The standard InChI is InChI=1S/C12H19N3O2S/c1-12(2)6-4-8-15(9-12)18(16,17)11-10(13)5-3-7-14-11/h3,5,7H,4,6,8-9,13H2,1-2H3. The van der Waals surface area contributed by atoms with E-state index in [-0.39, 0.29) is 16.1 Å². The third-order valence-electron chi connectivity index (χ3n) is 3.25. The van der Waals surface area contributed by atoms with Crippen molar-refractivity contribution in [2.75, 3.05) is 18.8 Å². The van der Waals surface area contributed by atoms with Crippen LogP contribution in [0.1, 0.15) is 26.7 Å². The zero-order valence-electron chi connectivity index (χ0n) is 10.8. The van der Waals surface area contributed by atoms with E-state index in [2.05, 4.69) is 18.8 Å². The van der Waals surface area contributed by atoms with Gasteiger partial charge in [-0.25, -0.2) is 13.4 Å². The Balaban J connectivity index is 2.35. The second-order valence-corrected chi connectivity index (χ2v) is 7.36. The number of rotatable bonds is 2. The summed E-state index contributed by atoms with van der Waals surface area (Å²) in [5.41, 5.74) is 5.93. The van der Waals surface area contributed by atoms with E-state index >= 15 is 0 Å². The van der Waals surface area contributed by atoms with Crippen molar-refractivity contribution < 1.29 is 8.42 Å². The highest BCUT2D eigenvalue weighted by Crippen LogP contribution is 2.32. The average molecular weight is 269 g/mol. The molecule has 2 heterocycles. The SMILES string of the molecule is CC1(C)CCCN(S(=O)(=O)c2ncccc2N)C1. The molecule has 6 heteroatoms. The van der Waals surface area contributed by atoms with Crippen LogP contribution in [0.25, 0.3) is 0 Å². The molecule has 1 aromatic heterocycles. The highest BCUT2D eigenvalue weighted by Gasteiger charge is 2.35. The topological polar surface area (TPSA) is 76.3 Å². The van der Waals surface area contributed by atoms with Crippen molar-refractivity contribution in [2.45, 2.75) is 31.7 Å². The molecule has 0 aliphatic carbocycles. The first-order valence-corrected chi connectivity index (χ1v) is 7.48. The molecule has 0 amide bonds. The van der Waals surface area contributed by atoms with E-state index in [9.17, 15) is 8.42 Å². The van der Waals surface area contributed by atoms with Gasteiger partial charge in [0.25, 0.3) is 10.0 Å². The van der Waals surface area contributed by atoms with Crippen LogP contribution < -0.4 is 5.73 Å². The molecule has 1 fully saturated rings. The zero-order chi connectivity index (χ0) is 13.4. The highest BCUT2D eigenvalue weighted by atomic mass is 32.2. The number of piperidine rings is 1. The molecular weight excluding hydrogens is 250 g/mol. The van der Waals surface area contributed by atoms with Crippen LogP contribution in [0, 0.1) is 5.41 Å². The number of anilines is 1. The molecule has 0 radical (unpaired) electrons. The van der Waals surface area contributed by atoms with Gasteiger partial charge in [-0.15, -0.1) is 0 Å². The Morgan fingerprint density at radius 1 is 1.44 bits per heavy atom. The van der Waals surface area contributed by atoms with Crippen molar-refractivity contribution in [1.82, 2.24) is 9.29 Å². The minimum Gasteiger partial charge on any atom is -0.396 e. The van der Waals surface area contributed by atoms with E-state index in [4.69, 9.17) is 5.73 Å². The average Bonchev–Trinajstić information content (AvgIpc) is 2.28. The van der Waals surface area contributed by atoms with Gasteiger partial charge >= 0.3 is 0 Å². The van der Waals surface area contributed by atoms with E-state index in [0.29, 0.717) is 13.1 Å². The number of nitrogens with two attached hydrogens (primary N) is 1. The Morgan fingerprint density at radius 2 is 2.17 bits per heavy atom. The lowest BCUT2D eigenvalue weighted by atomic mass is 9.85. The highest BCUT2D eigenvalue weighted by molar-refractivity contribution is 7.89. The summed E-state index contributed by atoms with van der Waals surface area (Å²) in [6.45, 7) is 5.22. The van der Waals surface area contributed by atoms with Gasteiger partial charge in [0.05, 0.1) is 5.69 Å². The summed E-state index contributed by atoms with van der Waals surface area (Å²) in [4.78, 5) is 3.92. The predicted molar refractivity (Wildman–Crippen MR) is 70.4 cm³/mol. The van der Waals surface area contributed by atoms with E-state index < -0.39 is 10.0 Å². The van der Waals surface area contributed by atoms with Crippen molar-refractivity contribution in [3.05, 3.63) is 18.3 Å². The largest absolute Gasteiger partial charge is 0.396 e. The molecule has 1 aliphatic rings. The van der Waals surface area contributed by atoms with Crippen LogP contribution in [-0.2, 0) is 10.0 Å². The van der Waals surface area contributed by atoms with Crippen LogP contribution in [0.5, 0.6) is 0 Å². The fourth-order valence-electron chi connectivity index (χ4n) is 2.32. The van der Waals surface area contributed by atoms with Gasteiger partial charge in [0.15, 0.2) is 5.03 Å². The van der Waals surface area contributed by atoms with Crippen molar-refractivity contribution in [3.8, 4) is 0 Å². The molecule has 1 saturated heterocycles. The summed E-state index contributed by atoms with van der Waals surface area (Å²) in [7, 11) is -3.57. The van der Waals surface area contributed by atoms with Crippen LogP contribution >= 0.6 is 0 Å². The van der Waals surface area contributed by atoms with Crippen LogP contribution in [0.3, 0.4) is 0 Å². The molecule has 100 valence electrons. The summed E-state index contributed by atoms with van der Waals surface area (Å²) in [5, 5.41) is -0.0253. The number of nitrogen functional groups attached to an aromatic ring is 1. The molecule has 0 unspecified atom stereocenters. The third-order valence-corrected chi connectivity index (χ3v) is 5.07. The summed E-state index contributed by atoms with van der Waals surface area (Å²) < 4.78 is 26.5. The number of pyridine rings is 1. The second-order valence-electron chi connectivity index (χ2n) is 5.50. The summed E-state index contributed by atoms with van der Waals surface area (Å²) in [5.74, 6) is 0. The monoisotopic (exact) mass is 269 g/mol. The lowest BCUT2D eigenvalue weighted by Crippen LogP contribution is -2.43. The van der Waals surface area contributed by atoms with Crippen LogP contribution in [0.2, 0.25) is 0 Å². The Hall–Kier alpha value is -1.14. The summed E-state index contributed by atoms with van der Waals surface area (Å²) in [6, 6.07) is 3.20. The fraction of sp³-hybridized carbons (Fsp3) is 0.583. The molecule has 0 spiro atoms. The van der Waals surface area contributed by atoms with Gasteiger partial charge in [-0.05, 0) is 30.4 Å². The summed E-state index contributed by atoms with van der Waals surface area (Å²) >= 11 is 0. The molecule has 2 N–H and O–H groups in total. The Labute approximate surface area is 108 Å². The molecule has 0 saturated carbocycles. The van der Waals surface area contributed by atoms with Gasteiger partial charge in [0.2, 0.25) is 0 Å². The number of aromatic nitrogens is 1. The van der Waals surface area contributed by atoms with Gasteiger partial charge in [-0.2, -0.15) is 4.31 Å². The van der Waals surface area contributed by atoms with Gasteiger partial charge in [-0.1, -0.05) is 13.8 Å². The molecule has 1 aromatic rings. The number of hydrogen-bond acceptors (Lipinski definition) is 4. The Kier molecular flexibility index (Phi) is 3.33. The minimum absolute atomic E-state index is 0.00879. The molecule has 0 aromatic carbocycles.